The highest BCUT2D eigenvalue weighted by molar-refractivity contribution is 7.29. The molecular weight excluding hydrogens is 282 g/mol. The van der Waals surface area contributed by atoms with Gasteiger partial charge in [0, 0.05) is 20.1 Å². The van der Waals surface area contributed by atoms with Crippen molar-refractivity contribution in [2.75, 3.05) is 32.1 Å². The van der Waals surface area contributed by atoms with Gasteiger partial charge in [0.25, 0.3) is 5.91 Å². The van der Waals surface area contributed by atoms with E-state index in [1.54, 1.807) is 18.4 Å². The van der Waals surface area contributed by atoms with Gasteiger partial charge in [0.15, 0.2) is 5.13 Å². The van der Waals surface area contributed by atoms with E-state index in [1.165, 1.54) is 23.5 Å². The molecule has 19 heavy (non-hydrogen) atoms. The molecule has 0 saturated heterocycles. The molecule has 104 valence electrons. The highest BCUT2D eigenvalue weighted by atomic mass is 32.1. The maximum absolute atomic E-state index is 12.0. The van der Waals surface area contributed by atoms with Crippen molar-refractivity contribution in [1.29, 1.82) is 0 Å². The van der Waals surface area contributed by atoms with Gasteiger partial charge in [-0.1, -0.05) is 11.3 Å². The molecule has 2 aromatic heterocycles. The normalized spacial score (nSPS) is 10.9. The van der Waals surface area contributed by atoms with Crippen molar-refractivity contribution in [2.45, 2.75) is 13.8 Å². The number of carbonyl (C=O) groups is 1. The van der Waals surface area contributed by atoms with Gasteiger partial charge < -0.3 is 4.90 Å². The lowest BCUT2D eigenvalue weighted by Gasteiger charge is -2.16. The molecular formula is C12H17N3O2S2. The number of thiophene rings is 1. The maximum Gasteiger partial charge on any atom is 0.287 e. The Hall–Kier alpha value is -1.18. The summed E-state index contributed by atoms with van der Waals surface area (Å²) in [6, 6.07) is 1.89. The highest BCUT2D eigenvalue weighted by Crippen LogP contribution is 2.34. The number of thiazole rings is 1. The van der Waals surface area contributed by atoms with Crippen LogP contribution in [0.5, 0.6) is 0 Å². The van der Waals surface area contributed by atoms with Crippen molar-refractivity contribution in [2.24, 2.45) is 0 Å². The summed E-state index contributed by atoms with van der Waals surface area (Å²) >= 11 is 3.04. The van der Waals surface area contributed by atoms with Crippen LogP contribution in [-0.4, -0.2) is 43.2 Å². The Morgan fingerprint density at radius 3 is 2.58 bits per heavy atom. The fourth-order valence-electron chi connectivity index (χ4n) is 1.70. The van der Waals surface area contributed by atoms with Crippen LogP contribution in [-0.2, 0) is 4.84 Å². The van der Waals surface area contributed by atoms with Gasteiger partial charge in [-0.15, -0.1) is 11.3 Å². The number of anilines is 1. The number of hydrogen-bond donors (Lipinski definition) is 0. The molecule has 0 spiro atoms. The smallest absolute Gasteiger partial charge is 0.287 e. The first kappa shape index (κ1) is 14.2. The van der Waals surface area contributed by atoms with Crippen LogP contribution in [0.4, 0.5) is 5.13 Å². The van der Waals surface area contributed by atoms with Crippen LogP contribution in [0.25, 0.3) is 9.53 Å². The van der Waals surface area contributed by atoms with Crippen LogP contribution in [0.1, 0.15) is 23.5 Å². The number of rotatable bonds is 5. The zero-order valence-corrected chi connectivity index (χ0v) is 13.1. The molecule has 0 unspecified atom stereocenters. The molecule has 2 aromatic rings. The molecule has 0 aliphatic carbocycles. The molecule has 0 saturated carbocycles. The zero-order chi connectivity index (χ0) is 14.0. The van der Waals surface area contributed by atoms with E-state index in [9.17, 15) is 4.79 Å². The van der Waals surface area contributed by atoms with E-state index in [0.717, 1.165) is 27.8 Å². The summed E-state index contributed by atoms with van der Waals surface area (Å²) in [6.07, 6.45) is 0. The fourth-order valence-corrected chi connectivity index (χ4v) is 4.00. The van der Waals surface area contributed by atoms with E-state index in [0.29, 0.717) is 4.88 Å². The first-order chi connectivity index (χ1) is 9.10. The first-order valence-corrected chi connectivity index (χ1v) is 7.71. The largest absolute Gasteiger partial charge is 0.349 e. The van der Waals surface area contributed by atoms with Crippen molar-refractivity contribution >= 4 is 43.2 Å². The zero-order valence-electron chi connectivity index (χ0n) is 11.5. The first-order valence-electron chi connectivity index (χ1n) is 6.08. The number of hydrogen-bond acceptors (Lipinski definition) is 6. The van der Waals surface area contributed by atoms with Crippen molar-refractivity contribution in [3.8, 4) is 0 Å². The Balaban J connectivity index is 2.29. The van der Waals surface area contributed by atoms with E-state index in [2.05, 4.69) is 23.7 Å². The van der Waals surface area contributed by atoms with E-state index >= 15 is 0 Å². The number of fused-ring (bicyclic) bond motifs is 1. The second-order valence-corrected chi connectivity index (χ2v) is 5.97. The number of amides is 1. The average molecular weight is 299 g/mol. The third kappa shape index (κ3) is 2.72. The van der Waals surface area contributed by atoms with Crippen LogP contribution in [0.15, 0.2) is 6.07 Å². The minimum Gasteiger partial charge on any atom is -0.349 e. The summed E-state index contributed by atoms with van der Waals surface area (Å²) in [5.41, 5.74) is 0. The molecule has 0 fully saturated rings. The van der Waals surface area contributed by atoms with Crippen LogP contribution in [0.3, 0.4) is 0 Å². The SMILES string of the molecule is CCN(CC)c1nc2sc(C(=O)N(C)OC)cc2s1. The average Bonchev–Trinajstić information content (AvgIpc) is 2.96. The lowest BCUT2D eigenvalue weighted by Crippen LogP contribution is -2.24. The van der Waals surface area contributed by atoms with Gasteiger partial charge in [-0.05, 0) is 19.9 Å². The molecule has 2 heterocycles. The molecule has 2 rings (SSSR count). The Morgan fingerprint density at radius 1 is 1.37 bits per heavy atom. The van der Waals surface area contributed by atoms with Gasteiger partial charge in [-0.25, -0.2) is 10.0 Å². The molecule has 0 aromatic carbocycles. The summed E-state index contributed by atoms with van der Waals surface area (Å²) in [6.45, 7) is 6.11. The summed E-state index contributed by atoms with van der Waals surface area (Å²) in [5.74, 6) is -0.137. The third-order valence-corrected chi connectivity index (χ3v) is 5.09. The van der Waals surface area contributed by atoms with Gasteiger partial charge in [0.1, 0.15) is 4.83 Å². The van der Waals surface area contributed by atoms with Crippen molar-refractivity contribution in [3.05, 3.63) is 10.9 Å². The monoisotopic (exact) mass is 299 g/mol. The Bertz CT molecular complexity index is 543. The fraction of sp³-hybridized carbons (Fsp3) is 0.500. The predicted octanol–water partition coefficient (Wildman–Crippen LogP) is 2.84. The second-order valence-electron chi connectivity index (χ2n) is 3.93. The van der Waals surface area contributed by atoms with Crippen LogP contribution in [0.2, 0.25) is 0 Å². The standard InChI is InChI=1S/C12H17N3O2S2/c1-5-15(6-2)12-13-10-8(19-12)7-9(18-10)11(16)14(3)17-4/h7H,5-6H2,1-4H3. The summed E-state index contributed by atoms with van der Waals surface area (Å²) in [5, 5.41) is 2.24. The van der Waals surface area contributed by atoms with Gasteiger partial charge in [-0.3, -0.25) is 9.63 Å². The molecule has 0 bridgehead atoms. The lowest BCUT2D eigenvalue weighted by atomic mass is 10.4. The van der Waals surface area contributed by atoms with Gasteiger partial charge in [-0.2, -0.15) is 0 Å². The molecule has 0 atom stereocenters. The van der Waals surface area contributed by atoms with Crippen molar-refractivity contribution in [1.82, 2.24) is 10.0 Å². The molecule has 0 aliphatic heterocycles. The molecule has 0 aliphatic rings. The van der Waals surface area contributed by atoms with E-state index in [-0.39, 0.29) is 5.91 Å². The minimum atomic E-state index is -0.137. The van der Waals surface area contributed by atoms with Crippen LogP contribution >= 0.6 is 22.7 Å². The Kier molecular flexibility index (Phi) is 4.38. The van der Waals surface area contributed by atoms with Crippen molar-refractivity contribution in [3.63, 3.8) is 0 Å². The minimum absolute atomic E-state index is 0.137. The van der Waals surface area contributed by atoms with Crippen LogP contribution in [0, 0.1) is 0 Å². The third-order valence-electron chi connectivity index (χ3n) is 2.88. The van der Waals surface area contributed by atoms with E-state index in [1.807, 2.05) is 6.07 Å². The summed E-state index contributed by atoms with van der Waals surface area (Å²) in [4.78, 5) is 25.2. The molecule has 0 radical (unpaired) electrons. The van der Waals surface area contributed by atoms with Gasteiger partial charge in [0.05, 0.1) is 16.7 Å². The molecule has 7 heteroatoms. The predicted molar refractivity (Wildman–Crippen MR) is 80.2 cm³/mol. The highest BCUT2D eigenvalue weighted by Gasteiger charge is 2.18. The number of hydroxylamine groups is 2. The number of nitrogens with zero attached hydrogens (tertiary/aromatic N) is 3. The quantitative estimate of drug-likeness (QED) is 0.796. The van der Waals surface area contributed by atoms with E-state index < -0.39 is 0 Å². The van der Waals surface area contributed by atoms with Gasteiger partial charge >= 0.3 is 0 Å². The maximum atomic E-state index is 12.0. The van der Waals surface area contributed by atoms with E-state index in [4.69, 9.17) is 4.84 Å². The summed E-state index contributed by atoms with van der Waals surface area (Å²) in [7, 11) is 3.08. The molecule has 5 nitrogen and oxygen atoms in total. The Labute approximate surface area is 120 Å². The molecule has 0 N–H and O–H groups in total. The molecule has 1 amide bonds. The second kappa shape index (κ2) is 5.85. The van der Waals surface area contributed by atoms with Crippen LogP contribution < -0.4 is 4.90 Å². The lowest BCUT2D eigenvalue weighted by molar-refractivity contribution is -0.0753. The number of aromatic nitrogens is 1. The summed E-state index contributed by atoms with van der Waals surface area (Å²) < 4.78 is 1.06. The van der Waals surface area contributed by atoms with Gasteiger partial charge in [0.2, 0.25) is 0 Å². The number of carbonyl (C=O) groups excluding carboxylic acids is 1. The Morgan fingerprint density at radius 2 is 2.05 bits per heavy atom. The topological polar surface area (TPSA) is 45.7 Å². The van der Waals surface area contributed by atoms with Crippen molar-refractivity contribution < 1.29 is 9.63 Å².